The van der Waals surface area contributed by atoms with E-state index >= 15 is 0 Å². The van der Waals surface area contributed by atoms with E-state index in [0.29, 0.717) is 0 Å². The molecule has 1 aliphatic heterocycles. The summed E-state index contributed by atoms with van der Waals surface area (Å²) >= 11 is 1.29. The first-order chi connectivity index (χ1) is 22.4. The first-order valence-corrected chi connectivity index (χ1v) is 15.9. The molecule has 8 aromatic carbocycles. The van der Waals surface area contributed by atoms with Crippen molar-refractivity contribution in [3.63, 3.8) is 0 Å². The summed E-state index contributed by atoms with van der Waals surface area (Å²) in [4.78, 5) is 0. The van der Waals surface area contributed by atoms with E-state index in [1.54, 1.807) is 0 Å². The SMILES string of the molecule is c1ccc(-c2cccc3cccc(-c4c5c(c(-c6cccc7cccc(-c8ccccc8)c67)c6ccccc46)=[N+]=S=[N+]=5)c23)cc1. The highest BCUT2D eigenvalue weighted by Gasteiger charge is 2.32. The monoisotopic (exact) mass is 590 g/mol. The third-order valence-corrected chi connectivity index (χ3v) is 9.47. The first kappa shape index (κ1) is 25.7. The number of benzene rings is 8. The number of nitrogens with zero attached hydrogens (tertiary/aromatic N) is 2. The van der Waals surface area contributed by atoms with Crippen molar-refractivity contribution < 1.29 is 0 Å². The Morgan fingerprint density at radius 1 is 0.333 bits per heavy atom. The molecule has 0 aromatic heterocycles. The minimum atomic E-state index is 0.943. The van der Waals surface area contributed by atoms with Gasteiger partial charge in [0.25, 0.3) is 0 Å². The van der Waals surface area contributed by atoms with Crippen molar-refractivity contribution >= 4 is 43.7 Å². The van der Waals surface area contributed by atoms with Crippen molar-refractivity contribution in [1.82, 2.24) is 8.08 Å². The molecule has 0 bridgehead atoms. The lowest BCUT2D eigenvalue weighted by atomic mass is 9.85. The van der Waals surface area contributed by atoms with Crippen LogP contribution in [0, 0.1) is 0 Å². The van der Waals surface area contributed by atoms with E-state index in [1.807, 2.05) is 0 Å². The van der Waals surface area contributed by atoms with Gasteiger partial charge in [-0.2, -0.15) is 0 Å². The maximum atomic E-state index is 5.03. The summed E-state index contributed by atoms with van der Waals surface area (Å²) in [5.41, 5.74) is 9.46. The van der Waals surface area contributed by atoms with Gasteiger partial charge in [-0.25, -0.2) is 0 Å². The lowest BCUT2D eigenvalue weighted by Crippen LogP contribution is -2.32. The predicted octanol–water partition coefficient (Wildman–Crippen LogP) is 8.65. The molecule has 0 radical (unpaired) electrons. The van der Waals surface area contributed by atoms with Gasteiger partial charge in [-0.3, -0.25) is 0 Å². The molecule has 1 heterocycles. The molecule has 0 amide bonds. The molecule has 208 valence electrons. The largest absolute Gasteiger partial charge is 0.700 e. The van der Waals surface area contributed by atoms with Gasteiger partial charge in [-0.05, 0) is 65.7 Å². The van der Waals surface area contributed by atoms with Gasteiger partial charge in [0.15, 0.2) is 0 Å². The van der Waals surface area contributed by atoms with Crippen molar-refractivity contribution in [2.45, 2.75) is 0 Å². The van der Waals surface area contributed by atoms with Crippen LogP contribution in [0.3, 0.4) is 0 Å². The molecule has 3 heteroatoms. The fraction of sp³-hybridized carbons (Fsp3) is 0. The van der Waals surface area contributed by atoms with Crippen molar-refractivity contribution in [1.29, 1.82) is 0 Å². The molecule has 0 fully saturated rings. The zero-order chi connectivity index (χ0) is 29.7. The quantitative estimate of drug-likeness (QED) is 0.184. The van der Waals surface area contributed by atoms with E-state index in [1.165, 1.54) is 77.1 Å². The summed E-state index contributed by atoms with van der Waals surface area (Å²) < 4.78 is 10.1. The Morgan fingerprint density at radius 2 is 0.711 bits per heavy atom. The van der Waals surface area contributed by atoms with Crippen LogP contribution in [-0.4, -0.2) is 0 Å². The molecule has 0 aliphatic carbocycles. The third-order valence-electron chi connectivity index (χ3n) is 8.95. The van der Waals surface area contributed by atoms with Crippen LogP contribution in [0.4, 0.5) is 0 Å². The molecule has 8 aromatic rings. The standard InChI is InChI=1S/C42H26N2S/c1-3-13-27(14-4-1)31-23-9-17-29-19-11-25-35(37(29)31)39-33-21-7-8-22-34(33)40(42-41(39)43-45-44-42)36-26-12-20-30-18-10-24-32(38(30)36)28-15-5-2-6-16-28/h1-26H/q+2. The average molecular weight is 591 g/mol. The highest BCUT2D eigenvalue weighted by molar-refractivity contribution is 7.55. The number of rotatable bonds is 4. The van der Waals surface area contributed by atoms with E-state index in [2.05, 4.69) is 158 Å². The van der Waals surface area contributed by atoms with Crippen LogP contribution in [0.25, 0.3) is 76.8 Å². The third kappa shape index (κ3) is 4.04. The molecular formula is C42H26N2S+2. The van der Waals surface area contributed by atoms with Crippen molar-refractivity contribution in [3.8, 4) is 44.5 Å². The van der Waals surface area contributed by atoms with Gasteiger partial charge < -0.3 is 0 Å². The fourth-order valence-corrected chi connectivity index (χ4v) is 7.61. The van der Waals surface area contributed by atoms with Crippen LogP contribution < -0.4 is 18.8 Å². The van der Waals surface area contributed by atoms with Crippen LogP contribution in [0.2, 0.25) is 0 Å². The van der Waals surface area contributed by atoms with Crippen molar-refractivity contribution in [3.05, 3.63) is 168 Å². The van der Waals surface area contributed by atoms with Crippen molar-refractivity contribution in [2.75, 3.05) is 0 Å². The Bertz CT molecular complexity index is 2500. The molecule has 9 rings (SSSR count). The Labute approximate surface area is 263 Å². The van der Waals surface area contributed by atoms with E-state index in [0.717, 1.165) is 21.8 Å². The second kappa shape index (κ2) is 10.4. The molecule has 0 spiro atoms. The zero-order valence-electron chi connectivity index (χ0n) is 24.3. The maximum absolute atomic E-state index is 5.03. The molecule has 1 aliphatic rings. The lowest BCUT2D eigenvalue weighted by Gasteiger charge is -2.15. The second-order valence-electron chi connectivity index (χ2n) is 11.4. The molecule has 0 atom stereocenters. The maximum Gasteiger partial charge on any atom is 0.700 e. The summed E-state index contributed by atoms with van der Waals surface area (Å²) in [6.07, 6.45) is 0. The smallest absolute Gasteiger partial charge is 0.0622 e. The van der Waals surface area contributed by atoms with Gasteiger partial charge in [0.2, 0.25) is 0 Å². The van der Waals surface area contributed by atoms with Crippen LogP contribution in [0.15, 0.2) is 158 Å². The molecule has 0 saturated heterocycles. The Kier molecular flexibility index (Phi) is 5.94. The average Bonchev–Trinajstić information content (AvgIpc) is 3.60. The van der Waals surface area contributed by atoms with Crippen molar-refractivity contribution in [2.24, 2.45) is 0 Å². The first-order valence-electron chi connectivity index (χ1n) is 15.2. The topological polar surface area (TPSA) is 28.2 Å². The van der Waals surface area contributed by atoms with Gasteiger partial charge in [0, 0.05) is 0 Å². The number of hydrogen-bond donors (Lipinski definition) is 0. The van der Waals surface area contributed by atoms with Gasteiger partial charge in [0.05, 0.1) is 19.2 Å². The van der Waals surface area contributed by atoms with E-state index in [4.69, 9.17) is 8.08 Å². The summed E-state index contributed by atoms with van der Waals surface area (Å²) in [7, 11) is 0. The second-order valence-corrected chi connectivity index (χ2v) is 11.9. The molecule has 0 saturated carbocycles. The molecule has 2 nitrogen and oxygen atoms in total. The van der Waals surface area contributed by atoms with Crippen LogP contribution in [0.1, 0.15) is 0 Å². The zero-order valence-corrected chi connectivity index (χ0v) is 25.1. The summed E-state index contributed by atoms with van der Waals surface area (Å²) in [5.74, 6) is 0. The van der Waals surface area contributed by atoms with Gasteiger partial charge in [0.1, 0.15) is 0 Å². The van der Waals surface area contributed by atoms with Crippen LogP contribution in [-0.2, 0) is 11.4 Å². The number of fused-ring (bicyclic) bond motifs is 4. The molecule has 45 heavy (non-hydrogen) atoms. The van der Waals surface area contributed by atoms with E-state index in [9.17, 15) is 0 Å². The Morgan fingerprint density at radius 3 is 1.13 bits per heavy atom. The van der Waals surface area contributed by atoms with Gasteiger partial charge in [-0.1, -0.05) is 158 Å². The minimum Gasteiger partial charge on any atom is -0.0622 e. The molecule has 0 N–H and O–H groups in total. The summed E-state index contributed by atoms with van der Waals surface area (Å²) in [5, 5.41) is 9.12. The molecular weight excluding hydrogens is 565 g/mol. The van der Waals surface area contributed by atoms with Gasteiger partial charge in [-0.15, -0.1) is 0 Å². The Hall–Kier alpha value is -5.82. The normalized spacial score (nSPS) is 11.7. The fourth-order valence-electron chi connectivity index (χ4n) is 7.05. The van der Waals surface area contributed by atoms with E-state index in [-0.39, 0.29) is 0 Å². The highest BCUT2D eigenvalue weighted by Crippen LogP contribution is 2.41. The minimum absolute atomic E-state index is 0.943. The molecule has 0 unspecified atom stereocenters. The summed E-state index contributed by atoms with van der Waals surface area (Å²) in [6.45, 7) is 0. The Balaban J connectivity index is 1.42. The predicted molar refractivity (Wildman–Crippen MR) is 190 cm³/mol. The van der Waals surface area contributed by atoms with E-state index < -0.39 is 0 Å². The number of hydrogen-bond acceptors (Lipinski definition) is 0. The lowest BCUT2D eigenvalue weighted by molar-refractivity contribution is 1.31. The van der Waals surface area contributed by atoms with Crippen LogP contribution in [0.5, 0.6) is 0 Å². The highest BCUT2D eigenvalue weighted by atomic mass is 32.1. The summed E-state index contributed by atoms with van der Waals surface area (Å²) in [6, 6.07) is 56.6. The van der Waals surface area contributed by atoms with Gasteiger partial charge >= 0.3 is 22.1 Å². The van der Waals surface area contributed by atoms with Crippen LogP contribution >= 0.6 is 0 Å².